The SMILES string of the molecule is CN1CC[C@]23c4c5c(NC(=O)CCC(=O)O)cc(O)c4O[C@H]2[C@@H](O)C=C[C@H]3[C@H]1C5. The molecule has 4 N–H and O–H groups in total. The second kappa shape index (κ2) is 6.21. The maximum atomic E-state index is 12.3. The highest BCUT2D eigenvalue weighted by molar-refractivity contribution is 5.94. The first-order chi connectivity index (χ1) is 13.8. The molecule has 29 heavy (non-hydrogen) atoms. The van der Waals surface area contributed by atoms with E-state index in [9.17, 15) is 19.8 Å². The van der Waals surface area contributed by atoms with E-state index in [0.29, 0.717) is 17.9 Å². The fraction of sp³-hybridized carbons (Fsp3) is 0.524. The Hall–Kier alpha value is -2.58. The predicted molar refractivity (Wildman–Crippen MR) is 103 cm³/mol. The van der Waals surface area contributed by atoms with Crippen LogP contribution in [0.15, 0.2) is 18.2 Å². The van der Waals surface area contributed by atoms with Crippen LogP contribution in [0.2, 0.25) is 0 Å². The zero-order valence-corrected chi connectivity index (χ0v) is 16.1. The Labute approximate surface area is 167 Å². The van der Waals surface area contributed by atoms with Crippen LogP contribution in [0.3, 0.4) is 0 Å². The second-order valence-corrected chi connectivity index (χ2v) is 8.55. The highest BCUT2D eigenvalue weighted by Crippen LogP contribution is 2.63. The number of nitrogens with zero attached hydrogens (tertiary/aromatic N) is 1. The maximum absolute atomic E-state index is 12.3. The van der Waals surface area contributed by atoms with E-state index in [1.807, 2.05) is 0 Å². The standard InChI is InChI=1S/C21H24N2O6/c1-23-7-6-21-11-2-3-14(24)20(21)29-19-15(25)9-12(10(18(19)21)8-13(11)23)22-16(26)4-5-17(27)28/h2-3,9,11,13-14,20,24-25H,4-8H2,1H3,(H,22,26)(H,27,28)/t11-,13+,14-,20-,21-/m0/s1. The number of likely N-dealkylation sites (N-methyl/N-ethyl adjacent to an activating group) is 1. The van der Waals surface area contributed by atoms with Crippen LogP contribution < -0.4 is 10.1 Å². The first-order valence-corrected chi connectivity index (χ1v) is 9.97. The van der Waals surface area contributed by atoms with Crippen LogP contribution in [0.4, 0.5) is 5.69 Å². The number of carbonyl (C=O) groups is 2. The molecule has 2 heterocycles. The minimum Gasteiger partial charge on any atom is -0.504 e. The van der Waals surface area contributed by atoms with Crippen molar-refractivity contribution in [2.45, 2.75) is 49.3 Å². The van der Waals surface area contributed by atoms with Crippen LogP contribution in [-0.2, 0) is 21.4 Å². The van der Waals surface area contributed by atoms with Gasteiger partial charge in [0.05, 0.1) is 6.42 Å². The number of aliphatic hydroxyl groups excluding tert-OH is 1. The number of amides is 1. The van der Waals surface area contributed by atoms with Gasteiger partial charge in [-0.05, 0) is 32.0 Å². The van der Waals surface area contributed by atoms with Gasteiger partial charge >= 0.3 is 5.97 Å². The number of anilines is 1. The maximum Gasteiger partial charge on any atom is 0.303 e. The molecule has 1 aromatic rings. The molecule has 2 aliphatic heterocycles. The van der Waals surface area contributed by atoms with Crippen molar-refractivity contribution in [2.24, 2.45) is 5.92 Å². The lowest BCUT2D eigenvalue weighted by molar-refractivity contribution is -0.138. The van der Waals surface area contributed by atoms with Gasteiger partial charge in [0.25, 0.3) is 0 Å². The van der Waals surface area contributed by atoms with Crippen LogP contribution in [-0.4, -0.2) is 63.9 Å². The third kappa shape index (κ3) is 2.45. The van der Waals surface area contributed by atoms with Gasteiger partial charge in [-0.2, -0.15) is 0 Å². The molecule has 1 saturated heterocycles. The second-order valence-electron chi connectivity index (χ2n) is 8.55. The predicted octanol–water partition coefficient (Wildman–Crippen LogP) is 1.00. The van der Waals surface area contributed by atoms with Crippen molar-refractivity contribution in [3.63, 3.8) is 0 Å². The summed E-state index contributed by atoms with van der Waals surface area (Å²) in [6, 6.07) is 1.67. The van der Waals surface area contributed by atoms with Gasteiger partial charge in [0, 0.05) is 41.1 Å². The topological polar surface area (TPSA) is 119 Å². The van der Waals surface area contributed by atoms with Gasteiger partial charge in [0.15, 0.2) is 11.5 Å². The Morgan fingerprint density at radius 2 is 2.14 bits per heavy atom. The zero-order chi connectivity index (χ0) is 20.5. The zero-order valence-electron chi connectivity index (χ0n) is 16.1. The molecular weight excluding hydrogens is 376 g/mol. The average molecular weight is 400 g/mol. The van der Waals surface area contributed by atoms with Crippen molar-refractivity contribution >= 4 is 17.6 Å². The normalized spacial score (nSPS) is 33.7. The van der Waals surface area contributed by atoms with Crippen molar-refractivity contribution < 1.29 is 29.6 Å². The number of phenolic OH excluding ortho intramolecular Hbond substituents is 1. The van der Waals surface area contributed by atoms with E-state index < -0.39 is 29.5 Å². The summed E-state index contributed by atoms with van der Waals surface area (Å²) < 4.78 is 6.14. The molecule has 8 nitrogen and oxygen atoms in total. The number of carboxylic acid groups (broad SMARTS) is 1. The Bertz CT molecular complexity index is 944. The molecule has 2 bridgehead atoms. The number of aliphatic hydroxyl groups is 1. The molecule has 1 fully saturated rings. The molecule has 154 valence electrons. The number of aliphatic carboxylic acids is 1. The summed E-state index contributed by atoms with van der Waals surface area (Å²) in [6.45, 7) is 0.858. The Morgan fingerprint density at radius 3 is 2.90 bits per heavy atom. The van der Waals surface area contributed by atoms with Crippen molar-refractivity contribution in [3.05, 3.63) is 29.3 Å². The van der Waals surface area contributed by atoms with E-state index in [4.69, 9.17) is 9.84 Å². The van der Waals surface area contributed by atoms with Gasteiger partial charge in [-0.25, -0.2) is 0 Å². The summed E-state index contributed by atoms with van der Waals surface area (Å²) >= 11 is 0. The fourth-order valence-corrected chi connectivity index (χ4v) is 5.87. The number of carboxylic acids is 1. The van der Waals surface area contributed by atoms with Gasteiger partial charge in [-0.15, -0.1) is 0 Å². The lowest BCUT2D eigenvalue weighted by Crippen LogP contribution is -2.64. The van der Waals surface area contributed by atoms with Crippen LogP contribution in [0.5, 0.6) is 11.5 Å². The van der Waals surface area contributed by atoms with Crippen LogP contribution in [0.25, 0.3) is 0 Å². The third-order valence-corrected chi connectivity index (χ3v) is 7.12. The number of benzene rings is 1. The van der Waals surface area contributed by atoms with Gasteiger partial charge in [-0.3, -0.25) is 9.59 Å². The van der Waals surface area contributed by atoms with E-state index in [0.717, 1.165) is 24.1 Å². The smallest absolute Gasteiger partial charge is 0.303 e. The Kier molecular flexibility index (Phi) is 3.95. The summed E-state index contributed by atoms with van der Waals surface area (Å²) in [5.74, 6) is -0.940. The number of rotatable bonds is 4. The number of hydrogen-bond donors (Lipinski definition) is 4. The highest BCUT2D eigenvalue weighted by Gasteiger charge is 2.64. The molecule has 4 aliphatic rings. The summed E-state index contributed by atoms with van der Waals surface area (Å²) in [6.07, 6.45) is 3.72. The van der Waals surface area contributed by atoms with E-state index >= 15 is 0 Å². The van der Waals surface area contributed by atoms with E-state index in [-0.39, 0.29) is 30.6 Å². The molecule has 2 aliphatic carbocycles. The number of aromatic hydroxyl groups is 1. The van der Waals surface area contributed by atoms with Gasteiger partial charge in [0.2, 0.25) is 5.91 Å². The fourth-order valence-electron chi connectivity index (χ4n) is 5.87. The first-order valence-electron chi connectivity index (χ1n) is 9.97. The minimum atomic E-state index is -1.03. The van der Waals surface area contributed by atoms with Crippen molar-refractivity contribution in [1.82, 2.24) is 4.90 Å². The number of piperidine rings is 1. The molecule has 8 heteroatoms. The highest BCUT2D eigenvalue weighted by atomic mass is 16.5. The molecule has 5 rings (SSSR count). The number of hydrogen-bond acceptors (Lipinski definition) is 6. The van der Waals surface area contributed by atoms with Gasteiger partial charge in [0.1, 0.15) is 12.2 Å². The van der Waals surface area contributed by atoms with Crippen LogP contribution in [0.1, 0.15) is 30.4 Å². The van der Waals surface area contributed by atoms with Gasteiger partial charge < -0.3 is 30.3 Å². The van der Waals surface area contributed by atoms with E-state index in [2.05, 4.69) is 23.3 Å². The summed E-state index contributed by atoms with van der Waals surface area (Å²) in [5.41, 5.74) is 1.88. The number of nitrogens with one attached hydrogen (secondary N) is 1. The molecule has 1 amide bonds. The molecule has 0 saturated carbocycles. The van der Waals surface area contributed by atoms with Crippen molar-refractivity contribution in [2.75, 3.05) is 18.9 Å². The largest absolute Gasteiger partial charge is 0.504 e. The third-order valence-electron chi connectivity index (χ3n) is 7.12. The number of ether oxygens (including phenoxy) is 1. The van der Waals surface area contributed by atoms with Crippen LogP contribution in [0, 0.1) is 5.92 Å². The minimum absolute atomic E-state index is 0.0654. The molecule has 5 atom stereocenters. The van der Waals surface area contributed by atoms with Gasteiger partial charge in [-0.1, -0.05) is 12.2 Å². The molecule has 0 radical (unpaired) electrons. The summed E-state index contributed by atoms with van der Waals surface area (Å²) in [7, 11) is 2.08. The Balaban J connectivity index is 1.63. The lowest BCUT2D eigenvalue weighted by atomic mass is 9.53. The number of likely N-dealkylation sites (tertiary alicyclic amines) is 1. The quantitative estimate of drug-likeness (QED) is 0.557. The summed E-state index contributed by atoms with van der Waals surface area (Å²) in [5, 5.41) is 33.0. The Morgan fingerprint density at radius 1 is 1.34 bits per heavy atom. The van der Waals surface area contributed by atoms with Crippen molar-refractivity contribution in [3.8, 4) is 11.5 Å². The molecule has 1 spiro atoms. The molecule has 0 unspecified atom stereocenters. The molecule has 1 aromatic carbocycles. The van der Waals surface area contributed by atoms with Crippen molar-refractivity contribution in [1.29, 1.82) is 0 Å². The average Bonchev–Trinajstić information content (AvgIpc) is 3.02. The van der Waals surface area contributed by atoms with Crippen LogP contribution >= 0.6 is 0 Å². The molecule has 0 aromatic heterocycles. The monoisotopic (exact) mass is 400 g/mol. The lowest BCUT2D eigenvalue weighted by Gasteiger charge is -2.56. The number of carbonyl (C=O) groups excluding carboxylic acids is 1. The molecular formula is C21H24N2O6. The first kappa shape index (κ1) is 18.4. The number of phenols is 1. The van der Waals surface area contributed by atoms with E-state index in [1.54, 1.807) is 6.08 Å². The summed E-state index contributed by atoms with van der Waals surface area (Å²) in [4.78, 5) is 25.4. The van der Waals surface area contributed by atoms with E-state index in [1.165, 1.54) is 6.07 Å².